The molecule has 1 amide bonds. The highest BCUT2D eigenvalue weighted by Gasteiger charge is 2.29. The van der Waals surface area contributed by atoms with Crippen molar-refractivity contribution in [3.63, 3.8) is 0 Å². The maximum absolute atomic E-state index is 12.9. The Labute approximate surface area is 184 Å². The molecule has 2 aromatic carbocycles. The van der Waals surface area contributed by atoms with Crippen molar-refractivity contribution in [3.8, 4) is 11.3 Å². The molecule has 2 aliphatic rings. The zero-order chi connectivity index (χ0) is 21.2. The van der Waals surface area contributed by atoms with Gasteiger partial charge in [0, 0.05) is 48.4 Å². The molecule has 0 bridgehead atoms. The molecule has 5 rings (SSSR count). The molecule has 5 heteroatoms. The second kappa shape index (κ2) is 8.66. The largest absolute Gasteiger partial charge is 0.351 e. The van der Waals surface area contributed by atoms with Crippen LogP contribution in [0.1, 0.15) is 37.7 Å². The molecule has 2 heterocycles. The van der Waals surface area contributed by atoms with E-state index in [4.69, 9.17) is 0 Å². The number of hydrogen-bond acceptors (Lipinski definition) is 4. The number of aromatic nitrogens is 2. The quantitative estimate of drug-likeness (QED) is 0.616. The zero-order valence-electron chi connectivity index (χ0n) is 18.3. The second-order valence-corrected chi connectivity index (χ2v) is 8.93. The summed E-state index contributed by atoms with van der Waals surface area (Å²) in [6.45, 7) is 5.24. The van der Waals surface area contributed by atoms with Crippen LogP contribution in [0.4, 0.5) is 5.82 Å². The fourth-order valence-corrected chi connectivity index (χ4v) is 4.99. The first kappa shape index (κ1) is 20.0. The molecular weight excluding hydrogens is 384 g/mol. The fourth-order valence-electron chi connectivity index (χ4n) is 4.99. The minimum absolute atomic E-state index is 0.245. The third kappa shape index (κ3) is 4.01. The fraction of sp³-hybridized carbons (Fsp3) is 0.423. The molecule has 0 atom stereocenters. The van der Waals surface area contributed by atoms with Gasteiger partial charge in [0.2, 0.25) is 5.91 Å². The van der Waals surface area contributed by atoms with Crippen molar-refractivity contribution in [1.82, 2.24) is 15.1 Å². The van der Waals surface area contributed by atoms with E-state index in [1.165, 1.54) is 24.8 Å². The molecule has 2 fully saturated rings. The van der Waals surface area contributed by atoms with Crippen molar-refractivity contribution in [2.75, 3.05) is 31.1 Å². The van der Waals surface area contributed by atoms with E-state index in [1.54, 1.807) is 0 Å². The Morgan fingerprint density at radius 1 is 0.839 bits per heavy atom. The lowest BCUT2D eigenvalue weighted by Gasteiger charge is -2.37. The smallest absolute Gasteiger partial charge is 0.225 e. The van der Waals surface area contributed by atoms with Gasteiger partial charge in [0.1, 0.15) is 5.69 Å². The third-order valence-electron chi connectivity index (χ3n) is 6.84. The van der Waals surface area contributed by atoms with Crippen LogP contribution in [0.25, 0.3) is 22.0 Å². The lowest BCUT2D eigenvalue weighted by atomic mass is 9.88. The Morgan fingerprint density at radius 2 is 1.52 bits per heavy atom. The SMILES string of the molecule is Cc1ccc(-c2nnc(N3CCN(C(=O)C4CCCCC4)CC3)c3ccccc23)cc1. The van der Waals surface area contributed by atoms with Gasteiger partial charge in [-0.2, -0.15) is 0 Å². The van der Waals surface area contributed by atoms with Crippen LogP contribution in [0.5, 0.6) is 0 Å². The molecule has 0 radical (unpaired) electrons. The van der Waals surface area contributed by atoms with Crippen molar-refractivity contribution in [3.05, 3.63) is 54.1 Å². The first-order valence-corrected chi connectivity index (χ1v) is 11.6. The highest BCUT2D eigenvalue weighted by Crippen LogP contribution is 2.32. The summed E-state index contributed by atoms with van der Waals surface area (Å²) in [4.78, 5) is 17.3. The van der Waals surface area contributed by atoms with Crippen molar-refractivity contribution < 1.29 is 4.79 Å². The number of fused-ring (bicyclic) bond motifs is 1. The van der Waals surface area contributed by atoms with E-state index in [1.807, 2.05) is 0 Å². The zero-order valence-corrected chi connectivity index (χ0v) is 18.3. The number of nitrogens with zero attached hydrogens (tertiary/aromatic N) is 4. The van der Waals surface area contributed by atoms with Crippen molar-refractivity contribution in [2.45, 2.75) is 39.0 Å². The molecule has 1 aromatic heterocycles. The maximum atomic E-state index is 12.9. The number of carbonyl (C=O) groups is 1. The van der Waals surface area contributed by atoms with Gasteiger partial charge in [-0.15, -0.1) is 10.2 Å². The van der Waals surface area contributed by atoms with Crippen molar-refractivity contribution in [1.29, 1.82) is 0 Å². The maximum Gasteiger partial charge on any atom is 0.225 e. The van der Waals surface area contributed by atoms with Gasteiger partial charge in [0.15, 0.2) is 5.82 Å². The summed E-state index contributed by atoms with van der Waals surface area (Å²) < 4.78 is 0. The van der Waals surface area contributed by atoms with Crippen LogP contribution in [0.15, 0.2) is 48.5 Å². The highest BCUT2D eigenvalue weighted by molar-refractivity contribution is 6.00. The molecular formula is C26H30N4O. The molecule has 1 saturated heterocycles. The number of aryl methyl sites for hydroxylation is 1. The molecule has 0 unspecified atom stereocenters. The summed E-state index contributed by atoms with van der Waals surface area (Å²) in [6.07, 6.45) is 5.81. The molecule has 1 aliphatic heterocycles. The number of rotatable bonds is 3. The van der Waals surface area contributed by atoms with E-state index in [9.17, 15) is 4.79 Å². The Balaban J connectivity index is 1.37. The molecule has 31 heavy (non-hydrogen) atoms. The van der Waals surface area contributed by atoms with Gasteiger partial charge in [0.05, 0.1) is 0 Å². The molecule has 1 aliphatic carbocycles. The number of piperazine rings is 1. The van der Waals surface area contributed by atoms with Crippen LogP contribution >= 0.6 is 0 Å². The van der Waals surface area contributed by atoms with Gasteiger partial charge in [0.25, 0.3) is 0 Å². The van der Waals surface area contributed by atoms with E-state index in [-0.39, 0.29) is 5.92 Å². The molecule has 160 valence electrons. The van der Waals surface area contributed by atoms with E-state index >= 15 is 0 Å². The lowest BCUT2D eigenvalue weighted by Crippen LogP contribution is -2.51. The Morgan fingerprint density at radius 3 is 2.23 bits per heavy atom. The molecule has 5 nitrogen and oxygen atoms in total. The Hall–Kier alpha value is -2.95. The lowest BCUT2D eigenvalue weighted by molar-refractivity contribution is -0.136. The van der Waals surface area contributed by atoms with Gasteiger partial charge in [-0.05, 0) is 19.8 Å². The van der Waals surface area contributed by atoms with Crippen LogP contribution in [0.3, 0.4) is 0 Å². The van der Waals surface area contributed by atoms with E-state index in [2.05, 4.69) is 75.5 Å². The third-order valence-corrected chi connectivity index (χ3v) is 6.84. The number of amides is 1. The second-order valence-electron chi connectivity index (χ2n) is 8.93. The van der Waals surface area contributed by atoms with Crippen LogP contribution in [0.2, 0.25) is 0 Å². The van der Waals surface area contributed by atoms with Crippen LogP contribution < -0.4 is 4.90 Å². The first-order valence-electron chi connectivity index (χ1n) is 11.6. The Bertz CT molecular complexity index is 1060. The van der Waals surface area contributed by atoms with Crippen molar-refractivity contribution >= 4 is 22.5 Å². The van der Waals surface area contributed by atoms with Crippen molar-refractivity contribution in [2.24, 2.45) is 5.92 Å². The first-order chi connectivity index (χ1) is 15.2. The summed E-state index contributed by atoms with van der Waals surface area (Å²) in [7, 11) is 0. The molecule has 0 spiro atoms. The summed E-state index contributed by atoms with van der Waals surface area (Å²) in [5.41, 5.74) is 3.24. The number of hydrogen-bond donors (Lipinski definition) is 0. The van der Waals surface area contributed by atoms with Crippen LogP contribution in [0, 0.1) is 12.8 Å². The summed E-state index contributed by atoms with van der Waals surface area (Å²) in [5.74, 6) is 1.54. The summed E-state index contributed by atoms with van der Waals surface area (Å²) in [5, 5.41) is 11.5. The molecule has 1 saturated carbocycles. The minimum Gasteiger partial charge on any atom is -0.351 e. The average Bonchev–Trinajstić information content (AvgIpc) is 2.84. The van der Waals surface area contributed by atoms with E-state index < -0.39 is 0 Å². The Kier molecular flexibility index (Phi) is 5.58. The standard InChI is InChI=1S/C26H30N4O/c1-19-11-13-20(14-12-19)24-22-9-5-6-10-23(22)25(28-27-24)29-15-17-30(18-16-29)26(31)21-7-3-2-4-8-21/h5-6,9-14,21H,2-4,7-8,15-18H2,1H3. The average molecular weight is 415 g/mol. The number of benzene rings is 2. The van der Waals surface area contributed by atoms with E-state index in [0.29, 0.717) is 5.91 Å². The summed E-state index contributed by atoms with van der Waals surface area (Å²) >= 11 is 0. The number of anilines is 1. The van der Waals surface area contributed by atoms with Gasteiger partial charge in [-0.1, -0.05) is 73.4 Å². The van der Waals surface area contributed by atoms with Gasteiger partial charge in [-0.25, -0.2) is 0 Å². The predicted molar refractivity (Wildman–Crippen MR) is 125 cm³/mol. The van der Waals surface area contributed by atoms with Crippen LogP contribution in [-0.4, -0.2) is 47.2 Å². The predicted octanol–water partition coefficient (Wildman–Crippen LogP) is 4.83. The van der Waals surface area contributed by atoms with Gasteiger partial charge in [-0.3, -0.25) is 4.79 Å². The summed E-state index contributed by atoms with van der Waals surface area (Å²) in [6, 6.07) is 16.8. The van der Waals surface area contributed by atoms with Gasteiger partial charge < -0.3 is 9.80 Å². The number of carbonyl (C=O) groups excluding carboxylic acids is 1. The molecule has 3 aromatic rings. The molecule has 0 N–H and O–H groups in total. The topological polar surface area (TPSA) is 49.3 Å². The van der Waals surface area contributed by atoms with Crippen LogP contribution in [-0.2, 0) is 4.79 Å². The van der Waals surface area contributed by atoms with Gasteiger partial charge >= 0.3 is 0 Å². The highest BCUT2D eigenvalue weighted by atomic mass is 16.2. The normalized spacial score (nSPS) is 17.8. The minimum atomic E-state index is 0.245. The monoisotopic (exact) mass is 414 g/mol. The van der Waals surface area contributed by atoms with E-state index in [0.717, 1.165) is 66.9 Å².